The second-order valence-electron chi connectivity index (χ2n) is 5.25. The summed E-state index contributed by atoms with van der Waals surface area (Å²) in [4.78, 5) is 13.2. The number of quaternary nitrogens is 1. The predicted molar refractivity (Wildman–Crippen MR) is 80.7 cm³/mol. The molecule has 1 heterocycles. The standard InChI is InChI=1S/C16H24N2O3/c1-2-14-3-5-15(6-4-14)21-13-16(19)17-7-8-18-9-11-20-12-10-18/h3-6H,2,7-13H2,1H3,(H,17,19)/p+1. The van der Waals surface area contributed by atoms with Crippen LogP contribution in [0.5, 0.6) is 5.75 Å². The largest absolute Gasteiger partial charge is 0.484 e. The molecule has 0 unspecified atom stereocenters. The Balaban J connectivity index is 1.60. The highest BCUT2D eigenvalue weighted by Gasteiger charge is 2.13. The molecular weight excluding hydrogens is 268 g/mol. The minimum absolute atomic E-state index is 0.0674. The van der Waals surface area contributed by atoms with Gasteiger partial charge in [0.2, 0.25) is 0 Å². The number of hydrogen-bond donors (Lipinski definition) is 2. The van der Waals surface area contributed by atoms with Crippen molar-refractivity contribution < 1.29 is 19.2 Å². The molecule has 2 N–H and O–H groups in total. The number of nitrogens with one attached hydrogen (secondary N) is 2. The van der Waals surface area contributed by atoms with Crippen LogP contribution in [0.1, 0.15) is 12.5 Å². The Kier molecular flexibility index (Phi) is 6.50. The van der Waals surface area contributed by atoms with Crippen LogP contribution in [-0.4, -0.2) is 51.9 Å². The molecule has 1 aromatic rings. The first-order valence-corrected chi connectivity index (χ1v) is 7.67. The van der Waals surface area contributed by atoms with Gasteiger partial charge in [0.25, 0.3) is 5.91 Å². The van der Waals surface area contributed by atoms with E-state index in [1.807, 2.05) is 24.3 Å². The minimum Gasteiger partial charge on any atom is -0.484 e. The van der Waals surface area contributed by atoms with Crippen molar-refractivity contribution in [3.05, 3.63) is 29.8 Å². The lowest BCUT2D eigenvalue weighted by molar-refractivity contribution is -0.906. The third kappa shape index (κ3) is 5.73. The Morgan fingerprint density at radius 2 is 2.00 bits per heavy atom. The molecule has 5 heteroatoms. The van der Waals surface area contributed by atoms with Gasteiger partial charge in [-0.3, -0.25) is 4.79 Å². The normalized spacial score (nSPS) is 15.7. The van der Waals surface area contributed by atoms with Crippen molar-refractivity contribution in [3.8, 4) is 5.75 Å². The van der Waals surface area contributed by atoms with Crippen LogP contribution in [0.25, 0.3) is 0 Å². The average molecular weight is 293 g/mol. The van der Waals surface area contributed by atoms with Crippen molar-refractivity contribution in [1.82, 2.24) is 5.32 Å². The molecule has 116 valence electrons. The van der Waals surface area contributed by atoms with E-state index in [-0.39, 0.29) is 12.5 Å². The van der Waals surface area contributed by atoms with Crippen molar-refractivity contribution >= 4 is 5.91 Å². The fourth-order valence-electron chi connectivity index (χ4n) is 2.31. The van der Waals surface area contributed by atoms with Gasteiger partial charge in [-0.1, -0.05) is 19.1 Å². The van der Waals surface area contributed by atoms with E-state index in [2.05, 4.69) is 12.2 Å². The second kappa shape index (κ2) is 8.64. The maximum absolute atomic E-state index is 11.7. The van der Waals surface area contributed by atoms with Crippen molar-refractivity contribution in [2.24, 2.45) is 0 Å². The smallest absolute Gasteiger partial charge is 0.258 e. The highest BCUT2D eigenvalue weighted by Crippen LogP contribution is 2.12. The summed E-state index contributed by atoms with van der Waals surface area (Å²) < 4.78 is 10.8. The van der Waals surface area contributed by atoms with E-state index in [0.717, 1.165) is 45.0 Å². The highest BCUT2D eigenvalue weighted by molar-refractivity contribution is 5.77. The SMILES string of the molecule is CCc1ccc(OCC(=O)NCC[NH+]2CCOCC2)cc1. The molecule has 0 bridgehead atoms. The molecule has 0 saturated carbocycles. The summed E-state index contributed by atoms with van der Waals surface area (Å²) in [5, 5.41) is 2.90. The number of rotatable bonds is 7. The zero-order valence-corrected chi connectivity index (χ0v) is 12.7. The lowest BCUT2D eigenvalue weighted by Gasteiger charge is -2.23. The van der Waals surface area contributed by atoms with Crippen LogP contribution in [-0.2, 0) is 16.0 Å². The van der Waals surface area contributed by atoms with Crippen molar-refractivity contribution in [3.63, 3.8) is 0 Å². The maximum atomic E-state index is 11.7. The molecule has 1 fully saturated rings. The molecule has 1 aliphatic heterocycles. The van der Waals surface area contributed by atoms with E-state index in [4.69, 9.17) is 9.47 Å². The number of ether oxygens (including phenoxy) is 2. The molecule has 5 nitrogen and oxygen atoms in total. The van der Waals surface area contributed by atoms with Crippen molar-refractivity contribution in [2.75, 3.05) is 46.0 Å². The topological polar surface area (TPSA) is 52.0 Å². The number of amides is 1. The summed E-state index contributed by atoms with van der Waals surface area (Å²) in [6.07, 6.45) is 1.00. The summed E-state index contributed by atoms with van der Waals surface area (Å²) in [7, 11) is 0. The van der Waals surface area contributed by atoms with E-state index in [9.17, 15) is 4.79 Å². The third-order valence-electron chi connectivity index (χ3n) is 3.70. The Morgan fingerprint density at radius 1 is 1.29 bits per heavy atom. The molecule has 1 saturated heterocycles. The van der Waals surface area contributed by atoms with Crippen LogP contribution >= 0.6 is 0 Å². The van der Waals surface area contributed by atoms with Crippen molar-refractivity contribution in [1.29, 1.82) is 0 Å². The van der Waals surface area contributed by atoms with Gasteiger partial charge >= 0.3 is 0 Å². The van der Waals surface area contributed by atoms with Gasteiger partial charge < -0.3 is 19.7 Å². The van der Waals surface area contributed by atoms with Gasteiger partial charge in [-0.15, -0.1) is 0 Å². The summed E-state index contributed by atoms with van der Waals surface area (Å²) in [6.45, 7) is 7.50. The molecule has 1 aromatic carbocycles. The zero-order chi connectivity index (χ0) is 14.9. The first kappa shape index (κ1) is 15.8. The molecule has 0 radical (unpaired) electrons. The molecule has 0 atom stereocenters. The van der Waals surface area contributed by atoms with Crippen LogP contribution in [0, 0.1) is 0 Å². The summed E-state index contributed by atoms with van der Waals surface area (Å²) in [5.41, 5.74) is 1.26. The quantitative estimate of drug-likeness (QED) is 0.723. The summed E-state index contributed by atoms with van der Waals surface area (Å²) in [6, 6.07) is 7.86. The van der Waals surface area contributed by atoms with Crippen LogP contribution in [0.4, 0.5) is 0 Å². The Labute approximate surface area is 126 Å². The molecule has 0 spiro atoms. The van der Waals surface area contributed by atoms with E-state index >= 15 is 0 Å². The van der Waals surface area contributed by atoms with Gasteiger partial charge in [0, 0.05) is 0 Å². The summed E-state index contributed by atoms with van der Waals surface area (Å²) >= 11 is 0. The first-order valence-electron chi connectivity index (χ1n) is 7.67. The van der Waals surface area contributed by atoms with E-state index in [1.54, 1.807) is 0 Å². The number of morpholine rings is 1. The Morgan fingerprint density at radius 3 is 2.67 bits per heavy atom. The van der Waals surface area contributed by atoms with E-state index < -0.39 is 0 Å². The molecule has 1 aliphatic rings. The number of carbonyl (C=O) groups is 1. The number of hydrogen-bond acceptors (Lipinski definition) is 3. The monoisotopic (exact) mass is 293 g/mol. The Hall–Kier alpha value is -1.59. The van der Waals surface area contributed by atoms with Gasteiger partial charge in [0.05, 0.1) is 26.3 Å². The van der Waals surface area contributed by atoms with Gasteiger partial charge in [-0.25, -0.2) is 0 Å². The predicted octanol–water partition coefficient (Wildman–Crippen LogP) is -0.341. The zero-order valence-electron chi connectivity index (χ0n) is 12.7. The van der Waals surface area contributed by atoms with Crippen LogP contribution < -0.4 is 15.0 Å². The fraction of sp³-hybridized carbons (Fsp3) is 0.562. The van der Waals surface area contributed by atoms with E-state index in [1.165, 1.54) is 10.5 Å². The molecular formula is C16H25N2O3+. The van der Waals surface area contributed by atoms with Gasteiger partial charge in [0.15, 0.2) is 6.61 Å². The number of aryl methyl sites for hydroxylation is 1. The Bertz CT molecular complexity index is 428. The van der Waals surface area contributed by atoms with Gasteiger partial charge in [-0.2, -0.15) is 0 Å². The molecule has 21 heavy (non-hydrogen) atoms. The highest BCUT2D eigenvalue weighted by atomic mass is 16.5. The minimum atomic E-state index is -0.0674. The molecule has 1 amide bonds. The van der Waals surface area contributed by atoms with Crippen molar-refractivity contribution in [2.45, 2.75) is 13.3 Å². The van der Waals surface area contributed by atoms with E-state index in [0.29, 0.717) is 6.54 Å². The van der Waals surface area contributed by atoms with Gasteiger partial charge in [-0.05, 0) is 24.1 Å². The number of benzene rings is 1. The number of carbonyl (C=O) groups excluding carboxylic acids is 1. The lowest BCUT2D eigenvalue weighted by atomic mass is 10.2. The molecule has 0 aliphatic carbocycles. The maximum Gasteiger partial charge on any atom is 0.258 e. The molecule has 0 aromatic heterocycles. The second-order valence-corrected chi connectivity index (χ2v) is 5.25. The van der Waals surface area contributed by atoms with Gasteiger partial charge in [0.1, 0.15) is 18.8 Å². The molecule has 2 rings (SSSR count). The first-order chi connectivity index (χ1) is 10.3. The fourth-order valence-corrected chi connectivity index (χ4v) is 2.31. The summed E-state index contributed by atoms with van der Waals surface area (Å²) in [5.74, 6) is 0.670. The van der Waals surface area contributed by atoms with Crippen LogP contribution in [0.15, 0.2) is 24.3 Å². The average Bonchev–Trinajstić information content (AvgIpc) is 2.54. The third-order valence-corrected chi connectivity index (χ3v) is 3.70. The van der Waals surface area contributed by atoms with Crippen LogP contribution in [0.3, 0.4) is 0 Å². The van der Waals surface area contributed by atoms with Crippen LogP contribution in [0.2, 0.25) is 0 Å². The lowest BCUT2D eigenvalue weighted by Crippen LogP contribution is -3.14.